The third kappa shape index (κ3) is 2.88. The summed E-state index contributed by atoms with van der Waals surface area (Å²) in [6.07, 6.45) is 1.84. The average molecular weight is 299 g/mol. The zero-order chi connectivity index (χ0) is 14.0. The Kier molecular flexibility index (Phi) is 4.38. The van der Waals surface area contributed by atoms with Crippen LogP contribution in [0.25, 0.3) is 11.1 Å². The van der Waals surface area contributed by atoms with Crippen LogP contribution in [0.1, 0.15) is 26.0 Å². The number of hydrogen-bond donors (Lipinski definition) is 1. The first-order valence-electron chi connectivity index (χ1n) is 6.23. The molecule has 0 bridgehead atoms. The highest BCUT2D eigenvalue weighted by Crippen LogP contribution is 2.40. The molecule has 2 aromatic rings. The van der Waals surface area contributed by atoms with Crippen LogP contribution in [-0.2, 0) is 6.42 Å². The molecule has 0 fully saturated rings. The van der Waals surface area contributed by atoms with Crippen molar-refractivity contribution in [2.75, 3.05) is 5.73 Å². The van der Waals surface area contributed by atoms with Gasteiger partial charge in [-0.1, -0.05) is 54.7 Å². The number of halogens is 2. The van der Waals surface area contributed by atoms with Gasteiger partial charge in [0, 0.05) is 5.56 Å². The molecule has 0 spiro atoms. The van der Waals surface area contributed by atoms with Crippen molar-refractivity contribution in [3.8, 4) is 11.1 Å². The number of aromatic nitrogens is 1. The van der Waals surface area contributed by atoms with Crippen molar-refractivity contribution in [1.82, 2.24) is 5.16 Å². The van der Waals surface area contributed by atoms with E-state index in [9.17, 15) is 0 Å². The van der Waals surface area contributed by atoms with E-state index in [1.807, 2.05) is 0 Å². The standard InChI is InChI=1S/C14H16Cl2N2O/c1-3-8(2)7-11-13(14(17)19-18-11)12-9(15)5-4-6-10(12)16/h4-6,8H,3,7,17H2,1-2H3. The van der Waals surface area contributed by atoms with E-state index < -0.39 is 0 Å². The van der Waals surface area contributed by atoms with Gasteiger partial charge in [-0.2, -0.15) is 0 Å². The largest absolute Gasteiger partial charge is 0.367 e. The van der Waals surface area contributed by atoms with E-state index in [4.69, 9.17) is 33.5 Å². The van der Waals surface area contributed by atoms with Crippen molar-refractivity contribution in [1.29, 1.82) is 0 Å². The Hall–Kier alpha value is -1.19. The number of anilines is 1. The monoisotopic (exact) mass is 298 g/mol. The lowest BCUT2D eigenvalue weighted by molar-refractivity contribution is 0.418. The summed E-state index contributed by atoms with van der Waals surface area (Å²) in [5.41, 5.74) is 8.10. The van der Waals surface area contributed by atoms with E-state index in [-0.39, 0.29) is 5.88 Å². The van der Waals surface area contributed by atoms with Crippen LogP contribution in [0, 0.1) is 5.92 Å². The molecule has 0 radical (unpaired) electrons. The van der Waals surface area contributed by atoms with Crippen molar-refractivity contribution in [3.05, 3.63) is 33.9 Å². The van der Waals surface area contributed by atoms with Gasteiger partial charge in [0.05, 0.1) is 21.3 Å². The molecule has 102 valence electrons. The fourth-order valence-corrected chi connectivity index (χ4v) is 2.54. The van der Waals surface area contributed by atoms with Gasteiger partial charge in [0.15, 0.2) is 0 Å². The molecular weight excluding hydrogens is 283 g/mol. The van der Waals surface area contributed by atoms with E-state index in [1.54, 1.807) is 18.2 Å². The first-order chi connectivity index (χ1) is 9.04. The summed E-state index contributed by atoms with van der Waals surface area (Å²) >= 11 is 12.5. The minimum absolute atomic E-state index is 0.258. The molecule has 1 atom stereocenters. The quantitative estimate of drug-likeness (QED) is 0.880. The van der Waals surface area contributed by atoms with Crippen molar-refractivity contribution in [2.24, 2.45) is 5.92 Å². The number of benzene rings is 1. The summed E-state index contributed by atoms with van der Waals surface area (Å²) in [5, 5.41) is 5.14. The van der Waals surface area contributed by atoms with E-state index >= 15 is 0 Å². The third-order valence-electron chi connectivity index (χ3n) is 3.24. The molecule has 3 nitrogen and oxygen atoms in total. The molecule has 0 amide bonds. The topological polar surface area (TPSA) is 52.0 Å². The second-order valence-corrected chi connectivity index (χ2v) is 5.50. The molecule has 0 aliphatic rings. The molecule has 0 saturated heterocycles. The summed E-state index contributed by atoms with van der Waals surface area (Å²) in [7, 11) is 0. The predicted molar refractivity (Wildman–Crippen MR) is 79.5 cm³/mol. The number of nitrogen functional groups attached to an aromatic ring is 1. The van der Waals surface area contributed by atoms with Gasteiger partial charge in [-0.3, -0.25) is 0 Å². The van der Waals surface area contributed by atoms with Crippen LogP contribution in [0.4, 0.5) is 5.88 Å². The van der Waals surface area contributed by atoms with Crippen molar-refractivity contribution in [3.63, 3.8) is 0 Å². The van der Waals surface area contributed by atoms with Gasteiger partial charge in [-0.05, 0) is 24.5 Å². The molecule has 0 aliphatic carbocycles. The van der Waals surface area contributed by atoms with Gasteiger partial charge < -0.3 is 10.3 Å². The average Bonchev–Trinajstić information content (AvgIpc) is 2.71. The lowest BCUT2D eigenvalue weighted by Crippen LogP contribution is -2.00. The van der Waals surface area contributed by atoms with E-state index in [0.717, 1.165) is 24.1 Å². The molecule has 2 N–H and O–H groups in total. The molecule has 1 aromatic heterocycles. The Morgan fingerprint density at radius 3 is 2.47 bits per heavy atom. The van der Waals surface area contributed by atoms with E-state index in [0.29, 0.717) is 21.5 Å². The highest BCUT2D eigenvalue weighted by atomic mass is 35.5. The summed E-state index contributed by atoms with van der Waals surface area (Å²) < 4.78 is 5.12. The Morgan fingerprint density at radius 2 is 1.89 bits per heavy atom. The first-order valence-corrected chi connectivity index (χ1v) is 6.98. The van der Waals surface area contributed by atoms with Crippen LogP contribution in [0.15, 0.2) is 22.7 Å². The molecule has 1 heterocycles. The fraction of sp³-hybridized carbons (Fsp3) is 0.357. The van der Waals surface area contributed by atoms with Gasteiger partial charge >= 0.3 is 0 Å². The number of nitrogens with two attached hydrogens (primary N) is 1. The molecule has 2 rings (SSSR count). The lowest BCUT2D eigenvalue weighted by atomic mass is 9.97. The highest BCUT2D eigenvalue weighted by molar-refractivity contribution is 6.39. The number of rotatable bonds is 4. The minimum Gasteiger partial charge on any atom is -0.367 e. The van der Waals surface area contributed by atoms with Gasteiger partial charge in [-0.25, -0.2) is 0 Å². The maximum atomic E-state index is 6.23. The molecule has 0 saturated carbocycles. The Morgan fingerprint density at radius 1 is 1.26 bits per heavy atom. The lowest BCUT2D eigenvalue weighted by Gasteiger charge is -2.10. The zero-order valence-electron chi connectivity index (χ0n) is 10.9. The minimum atomic E-state index is 0.258. The SMILES string of the molecule is CCC(C)Cc1noc(N)c1-c1c(Cl)cccc1Cl. The highest BCUT2D eigenvalue weighted by Gasteiger charge is 2.21. The Bertz CT molecular complexity index is 561. The van der Waals surface area contributed by atoms with E-state index in [2.05, 4.69) is 19.0 Å². The van der Waals surface area contributed by atoms with Crippen LogP contribution in [0.5, 0.6) is 0 Å². The van der Waals surface area contributed by atoms with Gasteiger partial charge in [0.25, 0.3) is 0 Å². The molecule has 1 aromatic carbocycles. The maximum absolute atomic E-state index is 6.23. The van der Waals surface area contributed by atoms with Crippen molar-refractivity contribution in [2.45, 2.75) is 26.7 Å². The summed E-state index contributed by atoms with van der Waals surface area (Å²) in [5.74, 6) is 0.748. The van der Waals surface area contributed by atoms with Crippen molar-refractivity contribution >= 4 is 29.1 Å². The molecular formula is C14H16Cl2N2O. The third-order valence-corrected chi connectivity index (χ3v) is 3.87. The predicted octanol–water partition coefficient (Wildman–Crippen LogP) is 4.82. The summed E-state index contributed by atoms with van der Waals surface area (Å²) in [4.78, 5) is 0. The summed E-state index contributed by atoms with van der Waals surface area (Å²) in [6, 6.07) is 5.36. The van der Waals surface area contributed by atoms with Crippen LogP contribution >= 0.6 is 23.2 Å². The smallest absolute Gasteiger partial charge is 0.230 e. The van der Waals surface area contributed by atoms with Gasteiger partial charge in [0.2, 0.25) is 5.88 Å². The van der Waals surface area contributed by atoms with Gasteiger partial charge in [0.1, 0.15) is 0 Å². The van der Waals surface area contributed by atoms with Crippen LogP contribution in [-0.4, -0.2) is 5.16 Å². The van der Waals surface area contributed by atoms with Crippen molar-refractivity contribution < 1.29 is 4.52 Å². The normalized spacial score (nSPS) is 12.6. The zero-order valence-corrected chi connectivity index (χ0v) is 12.4. The molecule has 5 heteroatoms. The Balaban J connectivity index is 2.53. The first kappa shape index (κ1) is 14.2. The second kappa shape index (κ2) is 5.85. The maximum Gasteiger partial charge on any atom is 0.230 e. The molecule has 19 heavy (non-hydrogen) atoms. The van der Waals surface area contributed by atoms with Gasteiger partial charge in [-0.15, -0.1) is 0 Å². The fourth-order valence-electron chi connectivity index (χ4n) is 1.96. The number of hydrogen-bond acceptors (Lipinski definition) is 3. The van der Waals surface area contributed by atoms with Crippen LogP contribution in [0.3, 0.4) is 0 Å². The van der Waals surface area contributed by atoms with Crippen LogP contribution < -0.4 is 5.73 Å². The molecule has 1 unspecified atom stereocenters. The van der Waals surface area contributed by atoms with E-state index in [1.165, 1.54) is 0 Å². The summed E-state index contributed by atoms with van der Waals surface area (Å²) in [6.45, 7) is 4.29. The molecule has 0 aliphatic heterocycles. The van der Waals surface area contributed by atoms with Crippen LogP contribution in [0.2, 0.25) is 10.0 Å². The Labute approximate surface area is 122 Å². The second-order valence-electron chi connectivity index (χ2n) is 4.68. The number of nitrogens with zero attached hydrogens (tertiary/aromatic N) is 1.